The fourth-order valence-electron chi connectivity index (χ4n) is 2.96. The van der Waals surface area contributed by atoms with Crippen molar-refractivity contribution in [3.05, 3.63) is 22.7 Å². The normalized spacial score (nSPS) is 18.2. The van der Waals surface area contributed by atoms with Crippen LogP contribution in [0.25, 0.3) is 0 Å². The van der Waals surface area contributed by atoms with Crippen molar-refractivity contribution in [2.24, 2.45) is 5.92 Å². The van der Waals surface area contributed by atoms with Crippen LogP contribution in [0.5, 0.6) is 11.5 Å². The number of fused-ring (bicyclic) bond motifs is 1. The van der Waals surface area contributed by atoms with Crippen LogP contribution >= 0.6 is 11.6 Å². The van der Waals surface area contributed by atoms with E-state index >= 15 is 0 Å². The Bertz CT molecular complexity index is 444. The third-order valence-electron chi connectivity index (χ3n) is 4.02. The summed E-state index contributed by atoms with van der Waals surface area (Å²) in [5, 5.41) is 4.13. The van der Waals surface area contributed by atoms with Crippen LogP contribution in [0.1, 0.15) is 37.7 Å². The second-order valence-corrected chi connectivity index (χ2v) is 5.83. The Balaban J connectivity index is 1.48. The van der Waals surface area contributed by atoms with Gasteiger partial charge in [-0.05, 0) is 36.6 Å². The first-order valence-electron chi connectivity index (χ1n) is 7.11. The molecule has 0 radical (unpaired) electrons. The van der Waals surface area contributed by atoms with E-state index < -0.39 is 0 Å². The summed E-state index contributed by atoms with van der Waals surface area (Å²) in [5.41, 5.74) is 1.15. The summed E-state index contributed by atoms with van der Waals surface area (Å²) in [5.74, 6) is 2.38. The second kappa shape index (κ2) is 6.02. The molecule has 19 heavy (non-hydrogen) atoms. The lowest BCUT2D eigenvalue weighted by Gasteiger charge is -2.10. The van der Waals surface area contributed by atoms with Crippen LogP contribution in [0.4, 0.5) is 0 Å². The highest BCUT2D eigenvalue weighted by Crippen LogP contribution is 2.39. The first kappa shape index (κ1) is 13.1. The Morgan fingerprint density at radius 3 is 2.89 bits per heavy atom. The summed E-state index contributed by atoms with van der Waals surface area (Å²) in [6, 6.07) is 3.97. The molecule has 1 aliphatic carbocycles. The molecule has 1 heterocycles. The predicted molar refractivity (Wildman–Crippen MR) is 75.9 cm³/mol. The van der Waals surface area contributed by atoms with Crippen molar-refractivity contribution in [3.63, 3.8) is 0 Å². The molecule has 0 bridgehead atoms. The zero-order valence-electron chi connectivity index (χ0n) is 11.1. The molecule has 1 N–H and O–H groups in total. The zero-order chi connectivity index (χ0) is 13.1. The van der Waals surface area contributed by atoms with Gasteiger partial charge >= 0.3 is 0 Å². The summed E-state index contributed by atoms with van der Waals surface area (Å²) in [4.78, 5) is 0. The van der Waals surface area contributed by atoms with Crippen molar-refractivity contribution < 1.29 is 9.47 Å². The largest absolute Gasteiger partial charge is 0.454 e. The molecule has 3 rings (SSSR count). The molecule has 0 unspecified atom stereocenters. The predicted octanol–water partition coefficient (Wildman–Crippen LogP) is 3.74. The Morgan fingerprint density at radius 2 is 2.05 bits per heavy atom. The Morgan fingerprint density at radius 1 is 1.21 bits per heavy atom. The number of rotatable bonds is 5. The van der Waals surface area contributed by atoms with Gasteiger partial charge in [-0.15, -0.1) is 0 Å². The number of nitrogens with one attached hydrogen (secondary N) is 1. The van der Waals surface area contributed by atoms with E-state index in [2.05, 4.69) is 5.32 Å². The molecule has 1 aromatic rings. The highest BCUT2D eigenvalue weighted by Gasteiger charge is 2.18. The van der Waals surface area contributed by atoms with Gasteiger partial charge in [0.25, 0.3) is 0 Å². The summed E-state index contributed by atoms with van der Waals surface area (Å²) < 4.78 is 10.7. The highest BCUT2D eigenvalue weighted by atomic mass is 35.5. The van der Waals surface area contributed by atoms with Gasteiger partial charge in [-0.3, -0.25) is 0 Å². The lowest BCUT2D eigenvalue weighted by Crippen LogP contribution is -2.17. The molecule has 0 amide bonds. The average Bonchev–Trinajstić information content (AvgIpc) is 3.05. The van der Waals surface area contributed by atoms with E-state index in [9.17, 15) is 0 Å². The smallest absolute Gasteiger partial charge is 0.231 e. The molecular weight excluding hydrogens is 262 g/mol. The minimum Gasteiger partial charge on any atom is -0.454 e. The summed E-state index contributed by atoms with van der Waals surface area (Å²) >= 11 is 6.16. The Labute approximate surface area is 119 Å². The van der Waals surface area contributed by atoms with Crippen LogP contribution in [0.2, 0.25) is 5.02 Å². The SMILES string of the molecule is Clc1cc(CNCCC2CCCC2)cc2c1OCO2. The van der Waals surface area contributed by atoms with Gasteiger partial charge in [-0.25, -0.2) is 0 Å². The second-order valence-electron chi connectivity index (χ2n) is 5.43. The number of halogens is 1. The maximum atomic E-state index is 6.16. The van der Waals surface area contributed by atoms with Gasteiger partial charge in [-0.1, -0.05) is 37.3 Å². The molecule has 0 spiro atoms. The Kier molecular flexibility index (Phi) is 4.14. The average molecular weight is 282 g/mol. The van der Waals surface area contributed by atoms with Gasteiger partial charge in [0.2, 0.25) is 6.79 Å². The minimum absolute atomic E-state index is 0.271. The molecule has 1 aromatic carbocycles. The molecule has 104 valence electrons. The van der Waals surface area contributed by atoms with Crippen molar-refractivity contribution >= 4 is 11.6 Å². The first-order valence-corrected chi connectivity index (χ1v) is 7.49. The van der Waals surface area contributed by atoms with Crippen LogP contribution in [0, 0.1) is 5.92 Å². The number of benzene rings is 1. The van der Waals surface area contributed by atoms with Crippen molar-refractivity contribution in [1.82, 2.24) is 5.32 Å². The van der Waals surface area contributed by atoms with Crippen molar-refractivity contribution in [1.29, 1.82) is 0 Å². The molecule has 1 aliphatic heterocycles. The quantitative estimate of drug-likeness (QED) is 0.834. The van der Waals surface area contributed by atoms with Gasteiger partial charge in [0.05, 0.1) is 5.02 Å². The standard InChI is InChI=1S/C15H20ClNO2/c16-13-7-12(8-14-15(13)19-10-18-14)9-17-6-5-11-3-1-2-4-11/h7-8,11,17H,1-6,9-10H2. The Hall–Kier alpha value is -0.930. The third-order valence-corrected chi connectivity index (χ3v) is 4.30. The van der Waals surface area contributed by atoms with Gasteiger partial charge in [0.1, 0.15) is 0 Å². The van der Waals surface area contributed by atoms with Gasteiger partial charge in [0.15, 0.2) is 11.5 Å². The lowest BCUT2D eigenvalue weighted by molar-refractivity contribution is 0.174. The van der Waals surface area contributed by atoms with Crippen LogP contribution in [-0.2, 0) is 6.54 Å². The van der Waals surface area contributed by atoms with Crippen molar-refractivity contribution in [3.8, 4) is 11.5 Å². The molecule has 2 aliphatic rings. The fourth-order valence-corrected chi connectivity index (χ4v) is 3.25. The summed E-state index contributed by atoms with van der Waals surface area (Å²) in [7, 11) is 0. The molecule has 1 fully saturated rings. The van der Waals surface area contributed by atoms with Gasteiger partial charge in [-0.2, -0.15) is 0 Å². The van der Waals surface area contributed by atoms with Crippen LogP contribution < -0.4 is 14.8 Å². The molecule has 3 nitrogen and oxygen atoms in total. The van der Waals surface area contributed by atoms with Crippen molar-refractivity contribution in [2.45, 2.75) is 38.6 Å². The van der Waals surface area contributed by atoms with E-state index in [1.165, 1.54) is 32.1 Å². The molecule has 0 atom stereocenters. The topological polar surface area (TPSA) is 30.5 Å². The van der Waals surface area contributed by atoms with Gasteiger partial charge < -0.3 is 14.8 Å². The third kappa shape index (κ3) is 3.15. The van der Waals surface area contributed by atoms with Crippen LogP contribution in [0.15, 0.2) is 12.1 Å². The number of ether oxygens (including phenoxy) is 2. The van der Waals surface area contributed by atoms with Gasteiger partial charge in [0, 0.05) is 6.54 Å². The maximum Gasteiger partial charge on any atom is 0.231 e. The van der Waals surface area contributed by atoms with E-state index in [0.717, 1.165) is 30.3 Å². The molecule has 1 saturated carbocycles. The van der Waals surface area contributed by atoms with E-state index in [-0.39, 0.29) is 6.79 Å². The minimum atomic E-state index is 0.271. The fraction of sp³-hybridized carbons (Fsp3) is 0.600. The highest BCUT2D eigenvalue weighted by molar-refractivity contribution is 6.32. The van der Waals surface area contributed by atoms with E-state index in [0.29, 0.717) is 10.8 Å². The molecule has 4 heteroatoms. The number of hydrogen-bond donors (Lipinski definition) is 1. The van der Waals surface area contributed by atoms with Crippen molar-refractivity contribution in [2.75, 3.05) is 13.3 Å². The monoisotopic (exact) mass is 281 g/mol. The maximum absolute atomic E-state index is 6.16. The van der Waals surface area contributed by atoms with Crippen LogP contribution in [-0.4, -0.2) is 13.3 Å². The van der Waals surface area contributed by atoms with E-state index in [1.807, 2.05) is 12.1 Å². The number of hydrogen-bond acceptors (Lipinski definition) is 3. The zero-order valence-corrected chi connectivity index (χ0v) is 11.8. The molecule has 0 aromatic heterocycles. The first-order chi connectivity index (χ1) is 9.33. The lowest BCUT2D eigenvalue weighted by atomic mass is 10.0. The summed E-state index contributed by atoms with van der Waals surface area (Å²) in [6.07, 6.45) is 6.96. The molecular formula is C15H20ClNO2. The van der Waals surface area contributed by atoms with Crippen LogP contribution in [0.3, 0.4) is 0 Å². The van der Waals surface area contributed by atoms with E-state index in [4.69, 9.17) is 21.1 Å². The molecule has 0 saturated heterocycles. The van der Waals surface area contributed by atoms with E-state index in [1.54, 1.807) is 0 Å². The summed E-state index contributed by atoms with van der Waals surface area (Å²) in [6.45, 7) is 2.19.